The molecular weight excluding hydrogens is 362 g/mol. The number of nitrogens with one attached hydrogen (secondary N) is 1. The van der Waals surface area contributed by atoms with Gasteiger partial charge in [0.1, 0.15) is 11.5 Å². The maximum atomic E-state index is 13.0. The number of thioether (sulfide) groups is 1. The topological polar surface area (TPSA) is 65.4 Å². The molecule has 1 aliphatic heterocycles. The van der Waals surface area contributed by atoms with Gasteiger partial charge >= 0.3 is 0 Å². The normalized spacial score (nSPS) is 12.1. The van der Waals surface area contributed by atoms with E-state index in [2.05, 4.69) is 22.5 Å². The molecule has 0 unspecified atom stereocenters. The van der Waals surface area contributed by atoms with Gasteiger partial charge in [-0.1, -0.05) is 18.2 Å². The lowest BCUT2D eigenvalue weighted by Gasteiger charge is -2.17. The highest BCUT2D eigenvalue weighted by atomic mass is 32.2. The van der Waals surface area contributed by atoms with Gasteiger partial charge in [-0.2, -0.15) is 5.10 Å². The fourth-order valence-corrected chi connectivity index (χ4v) is 4.31. The first-order chi connectivity index (χ1) is 13.1. The van der Waals surface area contributed by atoms with E-state index in [1.807, 2.05) is 19.2 Å². The summed E-state index contributed by atoms with van der Waals surface area (Å²) in [7, 11) is 5.01. The van der Waals surface area contributed by atoms with Gasteiger partial charge in [0.05, 0.1) is 25.6 Å². The summed E-state index contributed by atoms with van der Waals surface area (Å²) in [5.41, 5.74) is 4.07. The summed E-state index contributed by atoms with van der Waals surface area (Å²) in [6.07, 6.45) is 0. The lowest BCUT2D eigenvalue weighted by Crippen LogP contribution is -2.15. The first-order valence-corrected chi connectivity index (χ1v) is 9.42. The van der Waals surface area contributed by atoms with Gasteiger partial charge in [0.2, 0.25) is 0 Å². The van der Waals surface area contributed by atoms with E-state index < -0.39 is 0 Å². The standard InChI is InChI=1S/C20H19N3O3S/c1-23-19-13-6-4-5-7-17(13)27-11-14(19)18(22-23)20(24)21-15-9-8-12(25-2)10-16(15)26-3/h4-10H,11H2,1-3H3,(H,21,24). The molecule has 0 fully saturated rings. The highest BCUT2D eigenvalue weighted by Crippen LogP contribution is 2.42. The molecule has 6 nitrogen and oxygen atoms in total. The van der Waals surface area contributed by atoms with Crippen LogP contribution in [0, 0.1) is 0 Å². The van der Waals surface area contributed by atoms with E-state index in [9.17, 15) is 4.79 Å². The predicted molar refractivity (Wildman–Crippen MR) is 106 cm³/mol. The summed E-state index contributed by atoms with van der Waals surface area (Å²) < 4.78 is 12.4. The van der Waals surface area contributed by atoms with Crippen LogP contribution in [0.2, 0.25) is 0 Å². The molecule has 0 aliphatic carbocycles. The van der Waals surface area contributed by atoms with Crippen molar-refractivity contribution in [2.45, 2.75) is 10.6 Å². The zero-order valence-corrected chi connectivity index (χ0v) is 16.1. The number of carbonyl (C=O) groups excluding carboxylic acids is 1. The number of fused-ring (bicyclic) bond motifs is 3. The molecule has 0 atom stereocenters. The molecule has 2 heterocycles. The molecule has 4 rings (SSSR count). The molecule has 7 heteroatoms. The number of methoxy groups -OCH3 is 2. The fourth-order valence-electron chi connectivity index (χ4n) is 3.25. The Balaban J connectivity index is 1.69. The Bertz CT molecular complexity index is 1030. The number of aryl methyl sites for hydroxylation is 1. The largest absolute Gasteiger partial charge is 0.497 e. The van der Waals surface area contributed by atoms with Crippen molar-refractivity contribution >= 4 is 23.4 Å². The molecule has 1 aliphatic rings. The molecule has 0 saturated heterocycles. The minimum atomic E-state index is -0.254. The van der Waals surface area contributed by atoms with Crippen molar-refractivity contribution in [3.63, 3.8) is 0 Å². The van der Waals surface area contributed by atoms with Crippen LogP contribution in [0.3, 0.4) is 0 Å². The number of hydrogen-bond acceptors (Lipinski definition) is 5. The molecule has 0 bridgehead atoms. The summed E-state index contributed by atoms with van der Waals surface area (Å²) in [5.74, 6) is 1.65. The molecule has 0 spiro atoms. The smallest absolute Gasteiger partial charge is 0.276 e. The third kappa shape index (κ3) is 3.04. The number of nitrogens with zero attached hydrogens (tertiary/aromatic N) is 2. The number of ether oxygens (including phenoxy) is 2. The Morgan fingerprint density at radius 3 is 2.78 bits per heavy atom. The van der Waals surface area contributed by atoms with Gasteiger partial charge in [-0.25, -0.2) is 0 Å². The van der Waals surface area contributed by atoms with Gasteiger partial charge in [-0.05, 0) is 18.2 Å². The van der Waals surface area contributed by atoms with Crippen LogP contribution >= 0.6 is 11.8 Å². The fraction of sp³-hybridized carbons (Fsp3) is 0.200. The second-order valence-electron chi connectivity index (χ2n) is 6.10. The third-order valence-corrected chi connectivity index (χ3v) is 5.63. The minimum absolute atomic E-state index is 0.254. The van der Waals surface area contributed by atoms with Gasteiger partial charge in [0.25, 0.3) is 5.91 Å². The summed E-state index contributed by atoms with van der Waals surface area (Å²) in [6, 6.07) is 13.5. The lowest BCUT2D eigenvalue weighted by molar-refractivity contribution is 0.102. The highest BCUT2D eigenvalue weighted by molar-refractivity contribution is 7.98. The van der Waals surface area contributed by atoms with Gasteiger partial charge in [-0.15, -0.1) is 11.8 Å². The van der Waals surface area contributed by atoms with E-state index in [0.29, 0.717) is 28.6 Å². The van der Waals surface area contributed by atoms with Crippen LogP contribution in [0.4, 0.5) is 5.69 Å². The summed E-state index contributed by atoms with van der Waals surface area (Å²) in [4.78, 5) is 14.2. The number of amides is 1. The van der Waals surface area contributed by atoms with Crippen molar-refractivity contribution < 1.29 is 14.3 Å². The van der Waals surface area contributed by atoms with Crippen molar-refractivity contribution in [1.29, 1.82) is 0 Å². The first kappa shape index (κ1) is 17.5. The Kier molecular flexibility index (Phi) is 4.53. The molecule has 1 amide bonds. The van der Waals surface area contributed by atoms with E-state index in [1.165, 1.54) is 4.90 Å². The Morgan fingerprint density at radius 2 is 2.00 bits per heavy atom. The molecular formula is C20H19N3O3S. The van der Waals surface area contributed by atoms with Crippen molar-refractivity contribution in [1.82, 2.24) is 9.78 Å². The summed E-state index contributed by atoms with van der Waals surface area (Å²) >= 11 is 1.72. The Hall–Kier alpha value is -2.93. The minimum Gasteiger partial charge on any atom is -0.497 e. The monoisotopic (exact) mass is 381 g/mol. The number of benzene rings is 2. The van der Waals surface area contributed by atoms with Crippen LogP contribution in [-0.4, -0.2) is 29.9 Å². The van der Waals surface area contributed by atoms with E-state index in [4.69, 9.17) is 9.47 Å². The van der Waals surface area contributed by atoms with Crippen LogP contribution < -0.4 is 14.8 Å². The highest BCUT2D eigenvalue weighted by Gasteiger charge is 2.27. The van der Waals surface area contributed by atoms with Crippen LogP contribution in [0.15, 0.2) is 47.4 Å². The van der Waals surface area contributed by atoms with E-state index in [-0.39, 0.29) is 5.91 Å². The van der Waals surface area contributed by atoms with Crippen molar-refractivity contribution in [2.24, 2.45) is 7.05 Å². The molecule has 1 N–H and O–H groups in total. The third-order valence-electron chi connectivity index (χ3n) is 4.53. The Labute approximate surface area is 161 Å². The molecule has 3 aromatic rings. The van der Waals surface area contributed by atoms with Gasteiger partial charge in [0, 0.05) is 34.9 Å². The summed E-state index contributed by atoms with van der Waals surface area (Å²) in [5, 5.41) is 7.41. The maximum absolute atomic E-state index is 13.0. The lowest BCUT2D eigenvalue weighted by atomic mass is 10.1. The van der Waals surface area contributed by atoms with Crippen molar-refractivity contribution in [3.8, 4) is 22.8 Å². The summed E-state index contributed by atoms with van der Waals surface area (Å²) in [6.45, 7) is 0. The zero-order chi connectivity index (χ0) is 19.0. The van der Waals surface area contributed by atoms with Crippen LogP contribution in [0.5, 0.6) is 11.5 Å². The molecule has 0 radical (unpaired) electrons. The van der Waals surface area contributed by atoms with Crippen molar-refractivity contribution in [3.05, 3.63) is 53.7 Å². The predicted octanol–water partition coefficient (Wildman–Crippen LogP) is 3.96. The van der Waals surface area contributed by atoms with E-state index >= 15 is 0 Å². The first-order valence-electron chi connectivity index (χ1n) is 8.44. The zero-order valence-electron chi connectivity index (χ0n) is 15.3. The number of aromatic nitrogens is 2. The quantitative estimate of drug-likeness (QED) is 0.741. The second-order valence-corrected chi connectivity index (χ2v) is 7.12. The van der Waals surface area contributed by atoms with Gasteiger partial charge in [0.15, 0.2) is 5.69 Å². The SMILES string of the molecule is COc1ccc(NC(=O)c2nn(C)c3c2CSc2ccccc2-3)c(OC)c1. The van der Waals surface area contributed by atoms with E-state index in [1.54, 1.807) is 48.9 Å². The molecule has 1 aromatic heterocycles. The van der Waals surface area contributed by atoms with Gasteiger partial charge < -0.3 is 14.8 Å². The number of anilines is 1. The Morgan fingerprint density at radius 1 is 1.19 bits per heavy atom. The average molecular weight is 381 g/mol. The maximum Gasteiger partial charge on any atom is 0.276 e. The number of rotatable bonds is 4. The second kappa shape index (κ2) is 7.00. The van der Waals surface area contributed by atoms with Crippen molar-refractivity contribution in [2.75, 3.05) is 19.5 Å². The molecule has 138 valence electrons. The molecule has 0 saturated carbocycles. The van der Waals surface area contributed by atoms with Crippen LogP contribution in [0.1, 0.15) is 16.1 Å². The van der Waals surface area contributed by atoms with E-state index in [0.717, 1.165) is 16.8 Å². The van der Waals surface area contributed by atoms with Gasteiger partial charge in [-0.3, -0.25) is 9.48 Å². The average Bonchev–Trinajstić information content (AvgIpc) is 3.05. The number of hydrogen-bond donors (Lipinski definition) is 1. The molecule has 27 heavy (non-hydrogen) atoms. The number of carbonyl (C=O) groups is 1. The van der Waals surface area contributed by atoms with Crippen LogP contribution in [-0.2, 0) is 12.8 Å². The molecule has 2 aromatic carbocycles. The van der Waals surface area contributed by atoms with Crippen LogP contribution in [0.25, 0.3) is 11.3 Å².